The fourth-order valence-electron chi connectivity index (χ4n) is 1.68. The third-order valence-electron chi connectivity index (χ3n) is 2.54. The molecule has 0 radical (unpaired) electrons. The van der Waals surface area contributed by atoms with Crippen LogP contribution in [0.25, 0.3) is 0 Å². The molecule has 1 heterocycles. The number of aryl methyl sites for hydroxylation is 2. The summed E-state index contributed by atoms with van der Waals surface area (Å²) in [5, 5.41) is 4.05. The van der Waals surface area contributed by atoms with E-state index in [0.29, 0.717) is 15.7 Å². The molecule has 0 aliphatic heterocycles. The largest absolute Gasteiger partial charge is 0.287 e. The summed E-state index contributed by atoms with van der Waals surface area (Å²) in [7, 11) is 1.76. The van der Waals surface area contributed by atoms with E-state index in [2.05, 4.69) is 37.0 Å². The molecule has 0 N–H and O–H groups in total. The van der Waals surface area contributed by atoms with Crippen LogP contribution in [0.3, 0.4) is 0 Å². The van der Waals surface area contributed by atoms with Gasteiger partial charge in [0.15, 0.2) is 0 Å². The van der Waals surface area contributed by atoms with Crippen molar-refractivity contribution in [3.63, 3.8) is 0 Å². The van der Waals surface area contributed by atoms with Crippen LogP contribution in [0.1, 0.15) is 21.6 Å². The van der Waals surface area contributed by atoms with Gasteiger partial charge in [0.05, 0.1) is 10.7 Å². The average molecular weight is 358 g/mol. The van der Waals surface area contributed by atoms with Gasteiger partial charge in [-0.25, -0.2) is 0 Å². The van der Waals surface area contributed by atoms with E-state index in [4.69, 9.17) is 0 Å². The predicted octanol–water partition coefficient (Wildman–Crippen LogP) is 3.48. The first-order valence-corrected chi connectivity index (χ1v) is 6.57. The predicted molar refractivity (Wildman–Crippen MR) is 73.2 cm³/mol. The van der Waals surface area contributed by atoms with Crippen molar-refractivity contribution >= 4 is 37.6 Å². The molecule has 0 amide bonds. The number of ketones is 1. The maximum atomic E-state index is 12.4. The van der Waals surface area contributed by atoms with Gasteiger partial charge in [-0.1, -0.05) is 15.9 Å². The monoisotopic (exact) mass is 356 g/mol. The third kappa shape index (κ3) is 2.35. The van der Waals surface area contributed by atoms with Gasteiger partial charge >= 0.3 is 0 Å². The molecule has 2 rings (SSSR count). The van der Waals surface area contributed by atoms with Crippen LogP contribution in [0.5, 0.6) is 0 Å². The molecule has 0 bridgehead atoms. The van der Waals surface area contributed by atoms with Gasteiger partial charge in [-0.15, -0.1) is 0 Å². The third-order valence-corrected chi connectivity index (χ3v) is 3.62. The summed E-state index contributed by atoms with van der Waals surface area (Å²) in [5.41, 5.74) is 2.20. The first-order chi connectivity index (χ1) is 8.00. The van der Waals surface area contributed by atoms with Crippen LogP contribution in [0.15, 0.2) is 33.3 Å². The van der Waals surface area contributed by atoms with Crippen LogP contribution < -0.4 is 0 Å². The number of hydrogen-bond acceptors (Lipinski definition) is 2. The number of benzene rings is 1. The summed E-state index contributed by atoms with van der Waals surface area (Å²) in [5.74, 6) is -0.0260. The summed E-state index contributed by atoms with van der Waals surface area (Å²) < 4.78 is 3.26. The summed E-state index contributed by atoms with van der Waals surface area (Å²) in [4.78, 5) is 12.4. The van der Waals surface area contributed by atoms with E-state index >= 15 is 0 Å². The van der Waals surface area contributed by atoms with Crippen molar-refractivity contribution < 1.29 is 4.79 Å². The first kappa shape index (κ1) is 12.5. The van der Waals surface area contributed by atoms with Crippen molar-refractivity contribution in [2.75, 3.05) is 0 Å². The molecule has 1 aromatic heterocycles. The van der Waals surface area contributed by atoms with Gasteiger partial charge in [0.25, 0.3) is 0 Å². The standard InChI is InChI=1S/C12H10Br2N2O/c1-7-5-8(13)3-4-9(7)12(17)11-10(14)6-15-16(11)2/h3-6H,1-2H3. The van der Waals surface area contributed by atoms with Crippen LogP contribution in [0.2, 0.25) is 0 Å². The van der Waals surface area contributed by atoms with Crippen LogP contribution in [-0.2, 0) is 7.05 Å². The maximum Gasteiger partial charge on any atom is 0.212 e. The molecule has 88 valence electrons. The van der Waals surface area contributed by atoms with Crippen LogP contribution in [0, 0.1) is 6.92 Å². The highest BCUT2D eigenvalue weighted by Gasteiger charge is 2.18. The second-order valence-corrected chi connectivity index (χ2v) is 5.52. The Morgan fingerprint density at radius 1 is 1.35 bits per heavy atom. The highest BCUT2D eigenvalue weighted by Crippen LogP contribution is 2.22. The van der Waals surface area contributed by atoms with E-state index in [-0.39, 0.29) is 5.78 Å². The minimum absolute atomic E-state index is 0.0260. The van der Waals surface area contributed by atoms with Gasteiger partial charge in [-0.2, -0.15) is 5.10 Å². The lowest BCUT2D eigenvalue weighted by Gasteiger charge is -2.06. The van der Waals surface area contributed by atoms with Gasteiger partial charge in [-0.3, -0.25) is 9.48 Å². The Bertz CT molecular complexity index is 571. The molecule has 17 heavy (non-hydrogen) atoms. The number of nitrogens with zero attached hydrogens (tertiary/aromatic N) is 2. The minimum atomic E-state index is -0.0260. The topological polar surface area (TPSA) is 34.9 Å². The zero-order valence-corrected chi connectivity index (χ0v) is 12.5. The van der Waals surface area contributed by atoms with Gasteiger partial charge in [0, 0.05) is 17.1 Å². The molecule has 0 saturated carbocycles. The fraction of sp³-hybridized carbons (Fsp3) is 0.167. The van der Waals surface area contributed by atoms with Crippen molar-refractivity contribution in [1.29, 1.82) is 0 Å². The molecule has 0 fully saturated rings. The number of aromatic nitrogens is 2. The SMILES string of the molecule is Cc1cc(Br)ccc1C(=O)c1c(Br)cnn1C. The van der Waals surface area contributed by atoms with Crippen molar-refractivity contribution in [3.8, 4) is 0 Å². The molecule has 5 heteroatoms. The van der Waals surface area contributed by atoms with Crippen molar-refractivity contribution in [3.05, 3.63) is 50.2 Å². The van der Waals surface area contributed by atoms with Crippen LogP contribution >= 0.6 is 31.9 Å². The molecule has 0 unspecified atom stereocenters. The highest BCUT2D eigenvalue weighted by atomic mass is 79.9. The van der Waals surface area contributed by atoms with Crippen LogP contribution in [-0.4, -0.2) is 15.6 Å². The van der Waals surface area contributed by atoms with Crippen molar-refractivity contribution in [2.24, 2.45) is 7.05 Å². The number of rotatable bonds is 2. The summed E-state index contributed by atoms with van der Waals surface area (Å²) in [6.07, 6.45) is 1.63. The van der Waals surface area contributed by atoms with E-state index in [1.165, 1.54) is 0 Å². The summed E-state index contributed by atoms with van der Waals surface area (Å²) >= 11 is 6.73. The van der Waals surface area contributed by atoms with Gasteiger partial charge in [0.1, 0.15) is 5.69 Å². The molecule has 0 atom stereocenters. The molecule has 1 aromatic carbocycles. The van der Waals surface area contributed by atoms with Crippen molar-refractivity contribution in [2.45, 2.75) is 6.92 Å². The quantitative estimate of drug-likeness (QED) is 0.771. The molecule has 3 nitrogen and oxygen atoms in total. The van der Waals surface area contributed by atoms with Gasteiger partial charge < -0.3 is 0 Å². The van der Waals surface area contributed by atoms with E-state index in [1.54, 1.807) is 17.9 Å². The number of hydrogen-bond donors (Lipinski definition) is 0. The Morgan fingerprint density at radius 3 is 2.59 bits per heavy atom. The lowest BCUT2D eigenvalue weighted by molar-refractivity contribution is 0.102. The second-order valence-electron chi connectivity index (χ2n) is 3.75. The zero-order chi connectivity index (χ0) is 12.6. The molecule has 0 saturated heterocycles. The Balaban J connectivity index is 2.51. The highest BCUT2D eigenvalue weighted by molar-refractivity contribution is 9.10. The molecule has 0 spiro atoms. The Labute approximate surface area is 116 Å². The fourth-order valence-corrected chi connectivity index (χ4v) is 2.68. The van der Waals surface area contributed by atoms with Crippen molar-refractivity contribution in [1.82, 2.24) is 9.78 Å². The lowest BCUT2D eigenvalue weighted by atomic mass is 10.0. The Morgan fingerprint density at radius 2 is 2.06 bits per heavy atom. The normalized spacial score (nSPS) is 10.6. The van der Waals surface area contributed by atoms with E-state index in [9.17, 15) is 4.79 Å². The molecule has 2 aromatic rings. The molecular formula is C12H10Br2N2O. The first-order valence-electron chi connectivity index (χ1n) is 4.99. The maximum absolute atomic E-state index is 12.4. The number of halogens is 2. The molecule has 0 aliphatic carbocycles. The van der Waals surface area contributed by atoms with Crippen LogP contribution in [0.4, 0.5) is 0 Å². The average Bonchev–Trinajstić information content (AvgIpc) is 2.58. The number of carbonyl (C=O) groups excluding carboxylic acids is 1. The minimum Gasteiger partial charge on any atom is -0.287 e. The smallest absolute Gasteiger partial charge is 0.212 e. The second kappa shape index (κ2) is 4.74. The van der Waals surface area contributed by atoms with E-state index in [0.717, 1.165) is 10.0 Å². The Hall–Kier alpha value is -0.940. The Kier molecular flexibility index (Phi) is 3.49. The number of carbonyl (C=O) groups is 1. The zero-order valence-electron chi connectivity index (χ0n) is 9.37. The molecular weight excluding hydrogens is 348 g/mol. The summed E-state index contributed by atoms with van der Waals surface area (Å²) in [6.45, 7) is 1.92. The van der Waals surface area contributed by atoms with Gasteiger partial charge in [-0.05, 0) is 46.6 Å². The van der Waals surface area contributed by atoms with E-state index in [1.807, 2.05) is 25.1 Å². The summed E-state index contributed by atoms with van der Waals surface area (Å²) in [6, 6.07) is 5.61. The lowest BCUT2D eigenvalue weighted by Crippen LogP contribution is -2.10. The van der Waals surface area contributed by atoms with Gasteiger partial charge in [0.2, 0.25) is 5.78 Å². The van der Waals surface area contributed by atoms with E-state index < -0.39 is 0 Å². The molecule has 0 aliphatic rings.